The Morgan fingerprint density at radius 1 is 1.48 bits per heavy atom. The first-order valence-corrected chi connectivity index (χ1v) is 8.48. The maximum atomic E-state index is 12.6. The maximum Gasteiger partial charge on any atom is 0.338 e. The largest absolute Gasteiger partial charge is 0.462 e. The molecule has 23 heavy (non-hydrogen) atoms. The average molecular weight is 333 g/mol. The predicted octanol–water partition coefficient (Wildman–Crippen LogP) is 2.68. The van der Waals surface area contributed by atoms with Crippen molar-refractivity contribution in [2.75, 3.05) is 11.9 Å². The topological polar surface area (TPSA) is 81.9 Å². The van der Waals surface area contributed by atoms with Crippen LogP contribution in [-0.4, -0.2) is 32.8 Å². The van der Waals surface area contributed by atoms with Crippen molar-refractivity contribution in [2.45, 2.75) is 39.7 Å². The van der Waals surface area contributed by atoms with Gasteiger partial charge in [0.1, 0.15) is 6.04 Å². The van der Waals surface area contributed by atoms with Gasteiger partial charge in [-0.25, -0.2) is 4.79 Å². The first-order valence-electron chi connectivity index (χ1n) is 7.60. The Morgan fingerprint density at radius 3 is 3.00 bits per heavy atom. The van der Waals surface area contributed by atoms with Crippen LogP contribution in [0.15, 0.2) is 22.7 Å². The zero-order valence-corrected chi connectivity index (χ0v) is 14.2. The minimum absolute atomic E-state index is 0.317. The van der Waals surface area contributed by atoms with Crippen LogP contribution < -0.4 is 5.32 Å². The lowest BCUT2D eigenvalue weighted by atomic mass is 10.00. The number of thiophene rings is 1. The lowest BCUT2D eigenvalue weighted by Gasteiger charge is -2.27. The molecule has 3 rings (SSSR count). The quantitative estimate of drug-likeness (QED) is 0.669. The van der Waals surface area contributed by atoms with Gasteiger partial charge in [-0.2, -0.15) is 4.68 Å². The molecular formula is C15H19N5O2S. The normalized spacial score (nSPS) is 16.9. The number of fused-ring (bicyclic) bond motifs is 1. The number of aromatic nitrogens is 4. The average Bonchev–Trinajstić information content (AvgIpc) is 3.14. The molecule has 7 nitrogen and oxygen atoms in total. The highest BCUT2D eigenvalue weighted by molar-refractivity contribution is 7.10. The molecule has 1 unspecified atom stereocenters. The summed E-state index contributed by atoms with van der Waals surface area (Å²) in [5, 5.41) is 16.8. The Morgan fingerprint density at radius 2 is 2.30 bits per heavy atom. The number of allylic oxidation sites excluding steroid dienone is 1. The van der Waals surface area contributed by atoms with Crippen molar-refractivity contribution in [3.05, 3.63) is 33.2 Å². The van der Waals surface area contributed by atoms with Crippen molar-refractivity contribution in [3.8, 4) is 0 Å². The fourth-order valence-electron chi connectivity index (χ4n) is 2.57. The Bertz CT molecular complexity index is 749. The second-order valence-corrected chi connectivity index (χ2v) is 6.42. The number of nitrogens with zero attached hydrogens (tertiary/aromatic N) is 4. The summed E-state index contributed by atoms with van der Waals surface area (Å²) in [5.41, 5.74) is 2.40. The highest BCUT2D eigenvalue weighted by atomic mass is 32.1. The molecular weight excluding hydrogens is 314 g/mol. The summed E-state index contributed by atoms with van der Waals surface area (Å²) >= 11 is 1.59. The van der Waals surface area contributed by atoms with Crippen molar-refractivity contribution < 1.29 is 9.53 Å². The van der Waals surface area contributed by atoms with Crippen molar-refractivity contribution in [2.24, 2.45) is 0 Å². The van der Waals surface area contributed by atoms with Crippen molar-refractivity contribution >= 4 is 23.3 Å². The number of aryl methyl sites for hydroxylation is 1. The molecule has 0 amide bonds. The van der Waals surface area contributed by atoms with Crippen LogP contribution in [0.3, 0.4) is 0 Å². The van der Waals surface area contributed by atoms with E-state index in [0.717, 1.165) is 29.0 Å². The van der Waals surface area contributed by atoms with Crippen molar-refractivity contribution in [1.29, 1.82) is 0 Å². The summed E-state index contributed by atoms with van der Waals surface area (Å²) in [6, 6.07) is 1.68. The Balaban J connectivity index is 2.01. The minimum Gasteiger partial charge on any atom is -0.462 e. The fourth-order valence-corrected chi connectivity index (χ4v) is 3.59. The van der Waals surface area contributed by atoms with Gasteiger partial charge < -0.3 is 10.1 Å². The molecule has 1 aliphatic rings. The Kier molecular flexibility index (Phi) is 4.42. The second-order valence-electron chi connectivity index (χ2n) is 5.47. The van der Waals surface area contributed by atoms with Gasteiger partial charge in [-0.15, -0.1) is 11.3 Å². The zero-order chi connectivity index (χ0) is 16.4. The lowest BCUT2D eigenvalue weighted by molar-refractivity contribution is -0.139. The molecule has 0 bridgehead atoms. The van der Waals surface area contributed by atoms with Gasteiger partial charge >= 0.3 is 5.97 Å². The maximum absolute atomic E-state index is 12.6. The molecule has 2 aromatic heterocycles. The summed E-state index contributed by atoms with van der Waals surface area (Å²) < 4.78 is 7.08. The number of carbonyl (C=O) groups excluding carboxylic acids is 1. The van der Waals surface area contributed by atoms with Gasteiger partial charge in [-0.3, -0.25) is 0 Å². The molecule has 122 valence electrons. The number of hydrogen-bond acceptors (Lipinski definition) is 7. The third-order valence-electron chi connectivity index (χ3n) is 3.82. The van der Waals surface area contributed by atoms with E-state index in [0.29, 0.717) is 18.1 Å². The number of rotatable bonds is 5. The van der Waals surface area contributed by atoms with Gasteiger partial charge in [-0.05, 0) is 47.7 Å². The van der Waals surface area contributed by atoms with E-state index in [1.165, 1.54) is 0 Å². The molecule has 0 aromatic carbocycles. The SMILES string of the molecule is CCCCOC(=O)C1=C(C)Nc2nnnn2C1c1sccc1C. The Hall–Kier alpha value is -2.22. The van der Waals surface area contributed by atoms with Crippen molar-refractivity contribution in [1.82, 2.24) is 20.2 Å². The molecule has 0 saturated heterocycles. The van der Waals surface area contributed by atoms with Crippen LogP contribution in [0.25, 0.3) is 0 Å². The van der Waals surface area contributed by atoms with E-state index in [2.05, 4.69) is 27.8 Å². The summed E-state index contributed by atoms with van der Waals surface area (Å²) in [4.78, 5) is 13.7. The highest BCUT2D eigenvalue weighted by Gasteiger charge is 2.36. The zero-order valence-electron chi connectivity index (χ0n) is 13.4. The van der Waals surface area contributed by atoms with Crippen LogP contribution >= 0.6 is 11.3 Å². The number of esters is 1. The van der Waals surface area contributed by atoms with Crippen LogP contribution in [0, 0.1) is 6.92 Å². The third-order valence-corrected chi connectivity index (χ3v) is 4.89. The van der Waals surface area contributed by atoms with Gasteiger partial charge in [0.2, 0.25) is 5.95 Å². The van der Waals surface area contributed by atoms with E-state index in [1.54, 1.807) is 16.0 Å². The van der Waals surface area contributed by atoms with Gasteiger partial charge in [0, 0.05) is 10.6 Å². The smallest absolute Gasteiger partial charge is 0.338 e. The second kappa shape index (κ2) is 6.49. The number of anilines is 1. The first kappa shape index (κ1) is 15.7. The molecule has 3 heterocycles. The van der Waals surface area contributed by atoms with Crippen LogP contribution in [0.2, 0.25) is 0 Å². The number of carbonyl (C=O) groups is 1. The number of ether oxygens (including phenoxy) is 1. The van der Waals surface area contributed by atoms with Crippen LogP contribution in [0.4, 0.5) is 5.95 Å². The summed E-state index contributed by atoms with van der Waals surface area (Å²) in [7, 11) is 0. The van der Waals surface area contributed by atoms with Gasteiger partial charge in [0.15, 0.2) is 0 Å². The summed E-state index contributed by atoms with van der Waals surface area (Å²) in [5.74, 6) is 0.216. The van der Waals surface area contributed by atoms with Gasteiger partial charge in [0.05, 0.1) is 12.2 Å². The standard InChI is InChI=1S/C15H19N5O2S/c1-4-5-7-22-14(21)11-10(3)16-15-17-18-19-20(15)12(11)13-9(2)6-8-23-13/h6,8,12H,4-5,7H2,1-3H3,(H,16,17,19). The molecule has 2 aromatic rings. The number of nitrogens with one attached hydrogen (secondary N) is 1. The van der Waals surface area contributed by atoms with E-state index >= 15 is 0 Å². The van der Waals surface area contributed by atoms with Crippen LogP contribution in [0.5, 0.6) is 0 Å². The molecule has 1 aliphatic heterocycles. The minimum atomic E-state index is -0.352. The van der Waals surface area contributed by atoms with E-state index in [4.69, 9.17) is 4.74 Å². The predicted molar refractivity (Wildman–Crippen MR) is 87.2 cm³/mol. The van der Waals surface area contributed by atoms with Crippen LogP contribution in [-0.2, 0) is 9.53 Å². The van der Waals surface area contributed by atoms with E-state index in [9.17, 15) is 4.79 Å². The molecule has 0 radical (unpaired) electrons. The molecule has 1 atom stereocenters. The molecule has 0 saturated carbocycles. The Labute approximate surface area is 138 Å². The van der Waals surface area contributed by atoms with E-state index in [-0.39, 0.29) is 12.0 Å². The molecule has 1 N–H and O–H groups in total. The van der Waals surface area contributed by atoms with E-state index in [1.807, 2.05) is 25.3 Å². The monoisotopic (exact) mass is 333 g/mol. The molecule has 0 fully saturated rings. The van der Waals surface area contributed by atoms with E-state index < -0.39 is 0 Å². The number of unbranched alkanes of at least 4 members (excludes halogenated alkanes) is 1. The van der Waals surface area contributed by atoms with Gasteiger partial charge in [-0.1, -0.05) is 18.4 Å². The fraction of sp³-hybridized carbons (Fsp3) is 0.467. The summed E-state index contributed by atoms with van der Waals surface area (Å²) in [6.07, 6.45) is 1.83. The highest BCUT2D eigenvalue weighted by Crippen LogP contribution is 2.38. The van der Waals surface area contributed by atoms with Crippen molar-refractivity contribution in [3.63, 3.8) is 0 Å². The lowest BCUT2D eigenvalue weighted by Crippen LogP contribution is -2.29. The van der Waals surface area contributed by atoms with Gasteiger partial charge in [0.25, 0.3) is 0 Å². The molecule has 8 heteroatoms. The number of tetrazole rings is 1. The molecule has 0 spiro atoms. The number of hydrogen-bond donors (Lipinski definition) is 1. The third kappa shape index (κ3) is 2.86. The first-order chi connectivity index (χ1) is 11.1. The molecule has 0 aliphatic carbocycles. The summed E-state index contributed by atoms with van der Waals surface area (Å²) in [6.45, 7) is 6.36. The van der Waals surface area contributed by atoms with Crippen LogP contribution in [0.1, 0.15) is 43.2 Å².